The van der Waals surface area contributed by atoms with Crippen LogP contribution in [0.3, 0.4) is 0 Å². The number of hydrogen-bond acceptors (Lipinski definition) is 4. The Kier molecular flexibility index (Phi) is 5.09. The molecule has 7 heteroatoms. The minimum atomic E-state index is 0.286. The summed E-state index contributed by atoms with van der Waals surface area (Å²) in [5.41, 5.74) is 3.14. The highest BCUT2D eigenvalue weighted by atomic mass is 16.7. The zero-order valence-corrected chi connectivity index (χ0v) is 15.3. The van der Waals surface area contributed by atoms with E-state index in [9.17, 15) is 0 Å². The number of aromatic amines is 1. The Hall–Kier alpha value is -3.22. The number of H-pyrrole nitrogens is 1. The normalized spacial score (nSPS) is 13.1. The van der Waals surface area contributed by atoms with Crippen molar-refractivity contribution >= 4 is 17.0 Å². The zero-order chi connectivity index (χ0) is 18.5. The highest BCUT2D eigenvalue weighted by Crippen LogP contribution is 2.32. The molecule has 0 saturated heterocycles. The highest BCUT2D eigenvalue weighted by molar-refractivity contribution is 5.79. The lowest BCUT2D eigenvalue weighted by Gasteiger charge is -2.10. The zero-order valence-electron chi connectivity index (χ0n) is 15.3. The summed E-state index contributed by atoms with van der Waals surface area (Å²) in [6.45, 7) is 4.45. The Morgan fingerprint density at radius 2 is 2.04 bits per heavy atom. The van der Waals surface area contributed by atoms with Crippen LogP contribution in [0.1, 0.15) is 18.3 Å². The van der Waals surface area contributed by atoms with Gasteiger partial charge < -0.3 is 25.1 Å². The van der Waals surface area contributed by atoms with Crippen LogP contribution in [0.4, 0.5) is 0 Å². The molecule has 3 aromatic rings. The number of hydrogen-bond donors (Lipinski definition) is 3. The van der Waals surface area contributed by atoms with Gasteiger partial charge in [-0.25, -0.2) is 9.98 Å². The summed E-state index contributed by atoms with van der Waals surface area (Å²) in [7, 11) is 0. The third-order valence-corrected chi connectivity index (χ3v) is 4.29. The number of para-hydroxylation sites is 2. The Balaban J connectivity index is 1.35. The third-order valence-electron chi connectivity index (χ3n) is 4.29. The average Bonchev–Trinajstić information content (AvgIpc) is 3.31. The predicted molar refractivity (Wildman–Crippen MR) is 105 cm³/mol. The maximum absolute atomic E-state index is 5.42. The molecule has 0 radical (unpaired) electrons. The number of aliphatic imine (C=N–C) groups is 1. The van der Waals surface area contributed by atoms with Gasteiger partial charge in [0.15, 0.2) is 17.5 Å². The van der Waals surface area contributed by atoms with Gasteiger partial charge in [-0.2, -0.15) is 0 Å². The summed E-state index contributed by atoms with van der Waals surface area (Å²) < 4.78 is 10.8. The second-order valence-electron chi connectivity index (χ2n) is 6.26. The summed E-state index contributed by atoms with van der Waals surface area (Å²) in [5.74, 6) is 3.32. The summed E-state index contributed by atoms with van der Waals surface area (Å²) in [6.07, 6.45) is 0.795. The molecule has 1 aromatic heterocycles. The number of guanidine groups is 1. The van der Waals surface area contributed by atoms with Gasteiger partial charge in [-0.15, -0.1) is 0 Å². The van der Waals surface area contributed by atoms with E-state index in [2.05, 4.69) is 32.5 Å². The Bertz CT molecular complexity index is 917. The molecule has 0 amide bonds. The lowest BCUT2D eigenvalue weighted by atomic mass is 10.2. The number of rotatable bonds is 6. The Labute approximate surface area is 157 Å². The van der Waals surface area contributed by atoms with E-state index in [1.807, 2.05) is 42.5 Å². The maximum atomic E-state index is 5.42. The van der Waals surface area contributed by atoms with Crippen LogP contribution >= 0.6 is 0 Å². The van der Waals surface area contributed by atoms with Gasteiger partial charge in [-0.05, 0) is 36.8 Å². The molecule has 0 bridgehead atoms. The molecule has 1 aliphatic heterocycles. The van der Waals surface area contributed by atoms with Crippen LogP contribution in [-0.2, 0) is 13.0 Å². The highest BCUT2D eigenvalue weighted by Gasteiger charge is 2.13. The number of aromatic nitrogens is 2. The van der Waals surface area contributed by atoms with E-state index in [-0.39, 0.29) is 6.79 Å². The molecule has 27 heavy (non-hydrogen) atoms. The van der Waals surface area contributed by atoms with Crippen LogP contribution in [0, 0.1) is 0 Å². The summed E-state index contributed by atoms with van der Waals surface area (Å²) >= 11 is 0. The lowest BCUT2D eigenvalue weighted by molar-refractivity contribution is 0.174. The molecular formula is C20H23N5O2. The molecule has 0 aliphatic carbocycles. The fourth-order valence-corrected chi connectivity index (χ4v) is 2.97. The van der Waals surface area contributed by atoms with Crippen LogP contribution in [0.25, 0.3) is 11.0 Å². The molecule has 1 aliphatic rings. The third kappa shape index (κ3) is 4.13. The Morgan fingerprint density at radius 3 is 2.93 bits per heavy atom. The van der Waals surface area contributed by atoms with Crippen molar-refractivity contribution in [1.82, 2.24) is 20.6 Å². The van der Waals surface area contributed by atoms with Crippen molar-refractivity contribution in [2.75, 3.05) is 19.9 Å². The van der Waals surface area contributed by atoms with Gasteiger partial charge in [0.1, 0.15) is 5.82 Å². The summed E-state index contributed by atoms with van der Waals surface area (Å²) in [4.78, 5) is 12.6. The fraction of sp³-hybridized carbons (Fsp3) is 0.300. The van der Waals surface area contributed by atoms with Gasteiger partial charge >= 0.3 is 0 Å². The van der Waals surface area contributed by atoms with Crippen molar-refractivity contribution < 1.29 is 9.47 Å². The van der Waals surface area contributed by atoms with Gasteiger partial charge in [-0.3, -0.25) is 0 Å². The molecule has 140 valence electrons. The van der Waals surface area contributed by atoms with E-state index in [4.69, 9.17) is 9.47 Å². The number of nitrogens with one attached hydrogen (secondary N) is 3. The van der Waals surface area contributed by atoms with Gasteiger partial charge in [0.05, 0.1) is 17.6 Å². The van der Waals surface area contributed by atoms with Gasteiger partial charge in [0, 0.05) is 19.5 Å². The number of ether oxygens (including phenoxy) is 2. The molecule has 0 spiro atoms. The van der Waals surface area contributed by atoms with Gasteiger partial charge in [-0.1, -0.05) is 18.2 Å². The lowest BCUT2D eigenvalue weighted by Crippen LogP contribution is -2.38. The minimum absolute atomic E-state index is 0.286. The first-order valence-electron chi connectivity index (χ1n) is 9.16. The van der Waals surface area contributed by atoms with Gasteiger partial charge in [0.2, 0.25) is 6.79 Å². The van der Waals surface area contributed by atoms with Crippen molar-refractivity contribution in [3.63, 3.8) is 0 Å². The van der Waals surface area contributed by atoms with E-state index in [1.165, 1.54) is 0 Å². The van der Waals surface area contributed by atoms with Crippen LogP contribution < -0.4 is 20.1 Å². The van der Waals surface area contributed by atoms with Crippen LogP contribution in [0.2, 0.25) is 0 Å². The fourth-order valence-electron chi connectivity index (χ4n) is 2.97. The van der Waals surface area contributed by atoms with E-state index in [0.29, 0.717) is 6.54 Å². The molecule has 0 saturated carbocycles. The van der Waals surface area contributed by atoms with Crippen molar-refractivity contribution in [2.45, 2.75) is 19.9 Å². The average molecular weight is 365 g/mol. The minimum Gasteiger partial charge on any atom is -0.454 e. The summed E-state index contributed by atoms with van der Waals surface area (Å²) in [6, 6.07) is 14.0. The Morgan fingerprint density at radius 1 is 1.15 bits per heavy atom. The molecule has 7 nitrogen and oxygen atoms in total. The van der Waals surface area contributed by atoms with Crippen LogP contribution in [0.15, 0.2) is 47.5 Å². The van der Waals surface area contributed by atoms with Crippen molar-refractivity contribution in [2.24, 2.45) is 4.99 Å². The van der Waals surface area contributed by atoms with E-state index < -0.39 is 0 Å². The first-order valence-corrected chi connectivity index (χ1v) is 9.16. The predicted octanol–water partition coefficient (Wildman–Crippen LogP) is 2.59. The molecule has 3 N–H and O–H groups in total. The van der Waals surface area contributed by atoms with Crippen molar-refractivity contribution in [3.8, 4) is 11.5 Å². The van der Waals surface area contributed by atoms with Crippen molar-refractivity contribution in [3.05, 3.63) is 53.9 Å². The number of benzene rings is 2. The topological polar surface area (TPSA) is 83.6 Å². The molecule has 0 atom stereocenters. The second-order valence-corrected chi connectivity index (χ2v) is 6.26. The second kappa shape index (κ2) is 7.99. The van der Waals surface area contributed by atoms with E-state index in [1.54, 1.807) is 0 Å². The largest absolute Gasteiger partial charge is 0.454 e. The number of nitrogens with zero attached hydrogens (tertiary/aromatic N) is 2. The molecular weight excluding hydrogens is 342 g/mol. The van der Waals surface area contributed by atoms with Crippen molar-refractivity contribution in [1.29, 1.82) is 0 Å². The molecule has 4 rings (SSSR count). The van der Waals surface area contributed by atoms with E-state index in [0.717, 1.165) is 59.4 Å². The molecule has 0 unspecified atom stereocenters. The smallest absolute Gasteiger partial charge is 0.231 e. The quantitative estimate of drug-likeness (QED) is 0.462. The standard InChI is InChI=1S/C20H23N5O2/c1-2-21-20(23-12-14-7-8-17-18(11-14)27-13-26-17)22-10-9-19-24-15-5-3-4-6-16(15)25-19/h3-8,11H,2,9-10,12-13H2,1H3,(H,24,25)(H2,21,22,23). The molecule has 2 heterocycles. The van der Waals surface area contributed by atoms with Gasteiger partial charge in [0.25, 0.3) is 0 Å². The first kappa shape index (κ1) is 17.2. The molecule has 0 fully saturated rings. The van der Waals surface area contributed by atoms with Crippen LogP contribution in [0.5, 0.6) is 11.5 Å². The monoisotopic (exact) mass is 365 g/mol. The SMILES string of the molecule is CCNC(=NCc1ccc2c(c1)OCO2)NCCc1nc2ccccc2[nH]1. The maximum Gasteiger partial charge on any atom is 0.231 e. The summed E-state index contributed by atoms with van der Waals surface area (Å²) in [5, 5.41) is 6.63. The number of imidazole rings is 1. The van der Waals surface area contributed by atoms with E-state index >= 15 is 0 Å². The first-order chi connectivity index (χ1) is 13.3. The van der Waals surface area contributed by atoms with Crippen LogP contribution in [-0.4, -0.2) is 35.8 Å². The molecule has 2 aromatic carbocycles. The number of fused-ring (bicyclic) bond motifs is 2.